The Balaban J connectivity index is 1.53. The van der Waals surface area contributed by atoms with Crippen LogP contribution in [-0.2, 0) is 4.79 Å². The van der Waals surface area contributed by atoms with E-state index in [0.29, 0.717) is 18.8 Å². The number of aromatic nitrogens is 2. The summed E-state index contributed by atoms with van der Waals surface area (Å²) in [5, 5.41) is 7.23. The van der Waals surface area contributed by atoms with Crippen molar-refractivity contribution in [1.29, 1.82) is 0 Å². The van der Waals surface area contributed by atoms with Crippen molar-refractivity contribution in [1.82, 2.24) is 14.4 Å². The second-order valence-electron chi connectivity index (χ2n) is 5.05. The van der Waals surface area contributed by atoms with Gasteiger partial charge >= 0.3 is 0 Å². The van der Waals surface area contributed by atoms with Crippen molar-refractivity contribution >= 4 is 28.3 Å². The van der Waals surface area contributed by atoms with Crippen LogP contribution in [0.4, 0.5) is 5.00 Å². The predicted octanol–water partition coefficient (Wildman–Crippen LogP) is 1.46. The maximum atomic E-state index is 12.0. The normalized spacial score (nSPS) is 14.9. The Morgan fingerprint density at radius 2 is 2.14 bits per heavy atom. The maximum Gasteiger partial charge on any atom is 0.276 e. The van der Waals surface area contributed by atoms with Crippen molar-refractivity contribution in [3.05, 3.63) is 29.3 Å². The standard InChI is InChI=1S/C13H14N4O3S/c1-7-3-11(21-16-7)14-12(18)9-5-17(6-9)13(19)10-4-8(2)20-15-10/h3-4,9H,5-6H2,1-2H3,(H,14,18). The van der Waals surface area contributed by atoms with Gasteiger partial charge in [0.2, 0.25) is 5.91 Å². The van der Waals surface area contributed by atoms with Gasteiger partial charge in [0, 0.05) is 19.2 Å². The summed E-state index contributed by atoms with van der Waals surface area (Å²) in [6.07, 6.45) is 0. The van der Waals surface area contributed by atoms with E-state index in [4.69, 9.17) is 4.52 Å². The minimum Gasteiger partial charge on any atom is -0.361 e. The number of rotatable bonds is 3. The average molecular weight is 306 g/mol. The Morgan fingerprint density at radius 3 is 2.71 bits per heavy atom. The zero-order valence-electron chi connectivity index (χ0n) is 11.6. The molecule has 1 N–H and O–H groups in total. The first-order chi connectivity index (χ1) is 10.0. The number of likely N-dealkylation sites (tertiary alicyclic amines) is 1. The summed E-state index contributed by atoms with van der Waals surface area (Å²) in [7, 11) is 0. The quantitative estimate of drug-likeness (QED) is 0.927. The van der Waals surface area contributed by atoms with Gasteiger partial charge in [-0.3, -0.25) is 9.59 Å². The SMILES string of the molecule is Cc1cc(NC(=O)C2CN(C(=O)c3cc(C)on3)C2)sn1. The molecule has 7 nitrogen and oxygen atoms in total. The molecule has 1 aliphatic rings. The number of nitrogens with zero attached hydrogens (tertiary/aromatic N) is 3. The predicted molar refractivity (Wildman–Crippen MR) is 76.1 cm³/mol. The molecule has 8 heteroatoms. The van der Waals surface area contributed by atoms with E-state index in [1.165, 1.54) is 11.5 Å². The number of amides is 2. The number of hydrogen-bond acceptors (Lipinski definition) is 6. The second-order valence-corrected chi connectivity index (χ2v) is 5.86. The van der Waals surface area contributed by atoms with Crippen molar-refractivity contribution in [2.45, 2.75) is 13.8 Å². The topological polar surface area (TPSA) is 88.3 Å². The zero-order valence-corrected chi connectivity index (χ0v) is 12.4. The highest BCUT2D eigenvalue weighted by atomic mass is 32.1. The molecule has 110 valence electrons. The highest BCUT2D eigenvalue weighted by Crippen LogP contribution is 2.22. The summed E-state index contributed by atoms with van der Waals surface area (Å²) < 4.78 is 8.98. The summed E-state index contributed by atoms with van der Waals surface area (Å²) in [4.78, 5) is 25.6. The van der Waals surface area contributed by atoms with Crippen molar-refractivity contribution in [2.75, 3.05) is 18.4 Å². The highest BCUT2D eigenvalue weighted by molar-refractivity contribution is 7.10. The number of aryl methyl sites for hydroxylation is 2. The second kappa shape index (κ2) is 5.28. The first kappa shape index (κ1) is 13.7. The molecule has 0 aromatic carbocycles. The number of nitrogens with one attached hydrogen (secondary N) is 1. The average Bonchev–Trinajstić information content (AvgIpc) is 2.96. The lowest BCUT2D eigenvalue weighted by Gasteiger charge is -2.37. The third-order valence-corrected chi connectivity index (χ3v) is 4.06. The molecule has 0 spiro atoms. The molecule has 3 rings (SSSR count). The molecular weight excluding hydrogens is 292 g/mol. The van der Waals surface area contributed by atoms with Crippen LogP contribution in [0.5, 0.6) is 0 Å². The van der Waals surface area contributed by atoms with Crippen molar-refractivity contribution in [3.8, 4) is 0 Å². The molecule has 1 aliphatic heterocycles. The fraction of sp³-hybridized carbons (Fsp3) is 0.385. The Hall–Kier alpha value is -2.22. The number of hydrogen-bond donors (Lipinski definition) is 1. The Labute approximate surface area is 125 Å². The first-order valence-electron chi connectivity index (χ1n) is 6.49. The number of anilines is 1. The monoisotopic (exact) mass is 306 g/mol. The summed E-state index contributed by atoms with van der Waals surface area (Å²) in [6, 6.07) is 3.41. The molecule has 0 atom stereocenters. The van der Waals surface area contributed by atoms with E-state index in [2.05, 4.69) is 14.8 Å². The minimum absolute atomic E-state index is 0.0842. The van der Waals surface area contributed by atoms with Crippen LogP contribution in [0.15, 0.2) is 16.7 Å². The molecule has 2 aromatic rings. The van der Waals surface area contributed by atoms with Crippen LogP contribution in [0, 0.1) is 19.8 Å². The Morgan fingerprint density at radius 1 is 1.38 bits per heavy atom. The van der Waals surface area contributed by atoms with Crippen LogP contribution in [0.2, 0.25) is 0 Å². The molecular formula is C13H14N4O3S. The van der Waals surface area contributed by atoms with Gasteiger partial charge in [-0.2, -0.15) is 4.37 Å². The lowest BCUT2D eigenvalue weighted by Crippen LogP contribution is -2.54. The number of carbonyl (C=O) groups is 2. The van der Waals surface area contributed by atoms with Crippen LogP contribution in [-0.4, -0.2) is 39.3 Å². The van der Waals surface area contributed by atoms with Crippen LogP contribution < -0.4 is 5.32 Å². The number of carbonyl (C=O) groups excluding carboxylic acids is 2. The maximum absolute atomic E-state index is 12.0. The molecule has 1 fully saturated rings. The van der Waals surface area contributed by atoms with E-state index in [-0.39, 0.29) is 23.4 Å². The van der Waals surface area contributed by atoms with Gasteiger partial charge in [-0.15, -0.1) is 0 Å². The van der Waals surface area contributed by atoms with Gasteiger partial charge in [-0.05, 0) is 31.4 Å². The van der Waals surface area contributed by atoms with Crippen molar-refractivity contribution in [3.63, 3.8) is 0 Å². The molecule has 21 heavy (non-hydrogen) atoms. The van der Waals surface area contributed by atoms with E-state index in [9.17, 15) is 9.59 Å². The van der Waals surface area contributed by atoms with Gasteiger partial charge in [0.15, 0.2) is 5.69 Å². The summed E-state index contributed by atoms with van der Waals surface area (Å²) in [5.74, 6) is 0.113. The molecule has 0 radical (unpaired) electrons. The van der Waals surface area contributed by atoms with Crippen LogP contribution >= 0.6 is 11.5 Å². The van der Waals surface area contributed by atoms with Crippen molar-refractivity contribution in [2.24, 2.45) is 5.92 Å². The van der Waals surface area contributed by atoms with Gasteiger partial charge in [0.25, 0.3) is 5.91 Å². The van der Waals surface area contributed by atoms with Crippen LogP contribution in [0.3, 0.4) is 0 Å². The molecule has 2 aromatic heterocycles. The lowest BCUT2D eigenvalue weighted by molar-refractivity contribution is -0.123. The molecule has 0 saturated carbocycles. The minimum atomic E-state index is -0.204. The molecule has 1 saturated heterocycles. The molecule has 2 amide bonds. The van der Waals surface area contributed by atoms with E-state index in [1.807, 2.05) is 13.0 Å². The molecule has 3 heterocycles. The van der Waals surface area contributed by atoms with E-state index in [1.54, 1.807) is 17.9 Å². The summed E-state index contributed by atoms with van der Waals surface area (Å²) in [5.41, 5.74) is 1.16. The van der Waals surface area contributed by atoms with E-state index >= 15 is 0 Å². The van der Waals surface area contributed by atoms with Gasteiger partial charge < -0.3 is 14.7 Å². The Bertz CT molecular complexity index is 687. The fourth-order valence-corrected chi connectivity index (χ4v) is 2.75. The highest BCUT2D eigenvalue weighted by Gasteiger charge is 2.37. The Kier molecular flexibility index (Phi) is 3.46. The zero-order chi connectivity index (χ0) is 15.0. The van der Waals surface area contributed by atoms with Gasteiger partial charge in [-0.25, -0.2) is 0 Å². The summed E-state index contributed by atoms with van der Waals surface area (Å²) in [6.45, 7) is 4.39. The fourth-order valence-electron chi connectivity index (χ4n) is 2.09. The third-order valence-electron chi connectivity index (χ3n) is 3.26. The first-order valence-corrected chi connectivity index (χ1v) is 7.27. The molecule has 0 bridgehead atoms. The van der Waals surface area contributed by atoms with Crippen LogP contribution in [0.1, 0.15) is 21.9 Å². The largest absolute Gasteiger partial charge is 0.361 e. The van der Waals surface area contributed by atoms with E-state index < -0.39 is 0 Å². The molecule has 0 aliphatic carbocycles. The van der Waals surface area contributed by atoms with Crippen molar-refractivity contribution < 1.29 is 14.1 Å². The molecule has 0 unspecified atom stereocenters. The summed E-state index contributed by atoms with van der Waals surface area (Å²) >= 11 is 1.25. The smallest absolute Gasteiger partial charge is 0.276 e. The van der Waals surface area contributed by atoms with E-state index in [0.717, 1.165) is 10.7 Å². The van der Waals surface area contributed by atoms with Crippen LogP contribution in [0.25, 0.3) is 0 Å². The van der Waals surface area contributed by atoms with Gasteiger partial charge in [0.05, 0.1) is 11.6 Å². The van der Waals surface area contributed by atoms with Gasteiger partial charge in [0.1, 0.15) is 10.8 Å². The van der Waals surface area contributed by atoms with Gasteiger partial charge in [-0.1, -0.05) is 5.16 Å². The lowest BCUT2D eigenvalue weighted by atomic mass is 9.98. The third kappa shape index (κ3) is 2.80.